The maximum absolute atomic E-state index is 10.9. The van der Waals surface area contributed by atoms with Crippen LogP contribution in [0.4, 0.5) is 0 Å². The Morgan fingerprint density at radius 3 is 2.36 bits per heavy atom. The van der Waals surface area contributed by atoms with E-state index in [9.17, 15) is 4.79 Å². The first-order chi connectivity index (χ1) is 17.6. The third-order valence-corrected chi connectivity index (χ3v) is 6.38. The molecule has 0 bridgehead atoms. The number of carboxylic acids is 1. The summed E-state index contributed by atoms with van der Waals surface area (Å²) in [6.45, 7) is 0.386. The lowest BCUT2D eigenvalue weighted by atomic mass is 9.93. The van der Waals surface area contributed by atoms with Crippen molar-refractivity contribution in [3.63, 3.8) is 0 Å². The van der Waals surface area contributed by atoms with Crippen LogP contribution in [0.25, 0.3) is 22.0 Å². The molecule has 0 saturated heterocycles. The number of carbonyl (C=O) groups is 1. The second kappa shape index (κ2) is 10.6. The number of ether oxygens (including phenoxy) is 1. The van der Waals surface area contributed by atoms with Gasteiger partial charge in [-0.3, -0.25) is 9.78 Å². The molecule has 36 heavy (non-hydrogen) atoms. The van der Waals surface area contributed by atoms with Gasteiger partial charge in [0.05, 0.1) is 17.0 Å². The standard InChI is InChI=1S/C31H24ClNO3/c32-28-11-5-10-27-30(25(19-33-31(27)28)16-21-6-2-1-3-7-21)24-8-4-9-26(18-24)36-20-23-14-12-22(13-15-23)17-29(34)35/h1-15,18-19H,16-17,20H2,(H,34,35). The van der Waals surface area contributed by atoms with Crippen molar-refractivity contribution in [2.45, 2.75) is 19.4 Å². The van der Waals surface area contributed by atoms with Crippen LogP contribution in [0.5, 0.6) is 5.75 Å². The highest BCUT2D eigenvalue weighted by Gasteiger charge is 2.14. The molecule has 0 atom stereocenters. The Morgan fingerprint density at radius 2 is 1.58 bits per heavy atom. The van der Waals surface area contributed by atoms with Crippen molar-refractivity contribution in [1.82, 2.24) is 4.98 Å². The Bertz CT molecular complexity index is 1510. The van der Waals surface area contributed by atoms with E-state index in [-0.39, 0.29) is 6.42 Å². The van der Waals surface area contributed by atoms with E-state index in [0.29, 0.717) is 11.6 Å². The summed E-state index contributed by atoms with van der Waals surface area (Å²) in [5.41, 5.74) is 6.96. The van der Waals surface area contributed by atoms with Crippen molar-refractivity contribution in [2.24, 2.45) is 0 Å². The zero-order valence-electron chi connectivity index (χ0n) is 19.5. The predicted molar refractivity (Wildman–Crippen MR) is 144 cm³/mol. The molecule has 0 radical (unpaired) electrons. The van der Waals surface area contributed by atoms with Crippen LogP contribution < -0.4 is 4.74 Å². The molecular weight excluding hydrogens is 470 g/mol. The minimum atomic E-state index is -0.840. The number of aromatic nitrogens is 1. The Hall–Kier alpha value is -4.15. The van der Waals surface area contributed by atoms with Crippen molar-refractivity contribution in [2.75, 3.05) is 0 Å². The van der Waals surface area contributed by atoms with Crippen molar-refractivity contribution >= 4 is 28.5 Å². The summed E-state index contributed by atoms with van der Waals surface area (Å²) in [6, 6.07) is 31.7. The van der Waals surface area contributed by atoms with E-state index in [1.165, 1.54) is 5.56 Å². The van der Waals surface area contributed by atoms with Crippen molar-refractivity contribution in [1.29, 1.82) is 0 Å². The number of para-hydroxylation sites is 1. The Kier molecular flexibility index (Phi) is 6.96. The number of benzene rings is 4. The SMILES string of the molecule is O=C(O)Cc1ccc(COc2cccc(-c3c(Cc4ccccc4)cnc4c(Cl)cccc34)c2)cc1. The molecule has 0 amide bonds. The van der Waals surface area contributed by atoms with E-state index in [2.05, 4.69) is 29.2 Å². The van der Waals surface area contributed by atoms with Crippen LogP contribution in [0.1, 0.15) is 22.3 Å². The molecule has 0 saturated carbocycles. The fourth-order valence-electron chi connectivity index (χ4n) is 4.35. The van der Waals surface area contributed by atoms with E-state index in [1.54, 1.807) is 0 Å². The van der Waals surface area contributed by atoms with Gasteiger partial charge in [-0.05, 0) is 58.0 Å². The molecule has 5 aromatic rings. The molecule has 1 aromatic heterocycles. The Balaban J connectivity index is 1.47. The quantitative estimate of drug-likeness (QED) is 0.245. The summed E-state index contributed by atoms with van der Waals surface area (Å²) in [7, 11) is 0. The van der Waals surface area contributed by atoms with Gasteiger partial charge in [0.2, 0.25) is 0 Å². The van der Waals surface area contributed by atoms with Gasteiger partial charge in [0.1, 0.15) is 12.4 Å². The maximum Gasteiger partial charge on any atom is 0.307 e. The van der Waals surface area contributed by atoms with E-state index in [4.69, 9.17) is 21.4 Å². The fraction of sp³-hybridized carbons (Fsp3) is 0.0968. The van der Waals surface area contributed by atoms with Gasteiger partial charge in [-0.1, -0.05) is 90.5 Å². The van der Waals surface area contributed by atoms with Crippen LogP contribution in [0.3, 0.4) is 0 Å². The lowest BCUT2D eigenvalue weighted by Crippen LogP contribution is -2.01. The van der Waals surface area contributed by atoms with Gasteiger partial charge in [0.15, 0.2) is 0 Å². The highest BCUT2D eigenvalue weighted by atomic mass is 35.5. The number of rotatable bonds is 8. The van der Waals surface area contributed by atoms with E-state index < -0.39 is 5.97 Å². The summed E-state index contributed by atoms with van der Waals surface area (Å²) in [6.07, 6.45) is 2.68. The van der Waals surface area contributed by atoms with E-state index in [0.717, 1.165) is 50.9 Å². The molecule has 178 valence electrons. The van der Waals surface area contributed by atoms with Gasteiger partial charge < -0.3 is 9.84 Å². The second-order valence-corrected chi connectivity index (χ2v) is 9.07. The molecular formula is C31H24ClNO3. The number of aliphatic carboxylic acids is 1. The van der Waals surface area contributed by atoms with Gasteiger partial charge in [-0.25, -0.2) is 0 Å². The number of hydrogen-bond donors (Lipinski definition) is 1. The molecule has 0 spiro atoms. The Morgan fingerprint density at radius 1 is 0.833 bits per heavy atom. The lowest BCUT2D eigenvalue weighted by molar-refractivity contribution is -0.136. The van der Waals surface area contributed by atoms with Crippen LogP contribution in [0.15, 0.2) is 103 Å². The number of carboxylic acid groups (broad SMARTS) is 1. The van der Waals surface area contributed by atoms with Gasteiger partial charge in [-0.15, -0.1) is 0 Å². The predicted octanol–water partition coefficient (Wildman–Crippen LogP) is 7.35. The number of halogens is 1. The highest BCUT2D eigenvalue weighted by molar-refractivity contribution is 6.35. The molecule has 0 aliphatic carbocycles. The van der Waals surface area contributed by atoms with Crippen LogP contribution in [0, 0.1) is 0 Å². The monoisotopic (exact) mass is 493 g/mol. The molecule has 4 nitrogen and oxygen atoms in total. The lowest BCUT2D eigenvalue weighted by Gasteiger charge is -2.15. The number of hydrogen-bond acceptors (Lipinski definition) is 3. The molecule has 4 aromatic carbocycles. The average Bonchev–Trinajstić information content (AvgIpc) is 2.89. The van der Waals surface area contributed by atoms with Crippen molar-refractivity contribution in [3.05, 3.63) is 131 Å². The zero-order chi connectivity index (χ0) is 24.9. The van der Waals surface area contributed by atoms with Crippen LogP contribution in [-0.4, -0.2) is 16.1 Å². The van der Waals surface area contributed by atoms with E-state index in [1.807, 2.05) is 79.0 Å². The smallest absolute Gasteiger partial charge is 0.307 e. The normalized spacial score (nSPS) is 10.9. The van der Waals surface area contributed by atoms with Gasteiger partial charge in [0, 0.05) is 11.6 Å². The summed E-state index contributed by atoms with van der Waals surface area (Å²) in [5, 5.41) is 10.6. The number of pyridine rings is 1. The van der Waals surface area contributed by atoms with Crippen LogP contribution in [0.2, 0.25) is 5.02 Å². The van der Waals surface area contributed by atoms with Crippen LogP contribution >= 0.6 is 11.6 Å². The summed E-state index contributed by atoms with van der Waals surface area (Å²) in [4.78, 5) is 15.6. The first-order valence-corrected chi connectivity index (χ1v) is 12.1. The van der Waals surface area contributed by atoms with Crippen molar-refractivity contribution < 1.29 is 14.6 Å². The number of fused-ring (bicyclic) bond motifs is 1. The van der Waals surface area contributed by atoms with Gasteiger partial charge in [0.25, 0.3) is 0 Å². The molecule has 5 rings (SSSR count). The average molecular weight is 494 g/mol. The maximum atomic E-state index is 10.9. The highest BCUT2D eigenvalue weighted by Crippen LogP contribution is 2.36. The third kappa shape index (κ3) is 5.40. The van der Waals surface area contributed by atoms with Gasteiger partial charge >= 0.3 is 5.97 Å². The van der Waals surface area contributed by atoms with Crippen LogP contribution in [-0.2, 0) is 24.2 Å². The van der Waals surface area contributed by atoms with Crippen molar-refractivity contribution in [3.8, 4) is 16.9 Å². The fourth-order valence-corrected chi connectivity index (χ4v) is 4.58. The zero-order valence-corrected chi connectivity index (χ0v) is 20.3. The largest absolute Gasteiger partial charge is 0.489 e. The molecule has 1 heterocycles. The summed E-state index contributed by atoms with van der Waals surface area (Å²) in [5.74, 6) is -0.0906. The molecule has 0 fully saturated rings. The first-order valence-electron chi connectivity index (χ1n) is 11.7. The third-order valence-electron chi connectivity index (χ3n) is 6.07. The molecule has 0 unspecified atom stereocenters. The molecule has 0 aliphatic rings. The molecule has 0 aliphatic heterocycles. The van der Waals surface area contributed by atoms with Gasteiger partial charge in [-0.2, -0.15) is 0 Å². The summed E-state index contributed by atoms with van der Waals surface area (Å²) < 4.78 is 6.11. The topological polar surface area (TPSA) is 59.4 Å². The van der Waals surface area contributed by atoms with E-state index >= 15 is 0 Å². The second-order valence-electron chi connectivity index (χ2n) is 8.66. The minimum absolute atomic E-state index is 0.0123. The molecule has 1 N–H and O–H groups in total. The minimum Gasteiger partial charge on any atom is -0.489 e. The number of nitrogens with zero attached hydrogens (tertiary/aromatic N) is 1. The Labute approximate surface area is 214 Å². The molecule has 5 heteroatoms. The first kappa shape index (κ1) is 23.6. The summed E-state index contributed by atoms with van der Waals surface area (Å²) >= 11 is 6.50.